The molecule has 116 valence electrons. The van der Waals surface area contributed by atoms with E-state index in [1.54, 1.807) is 12.1 Å². The van der Waals surface area contributed by atoms with Crippen LogP contribution in [0.2, 0.25) is 0 Å². The molecule has 0 unspecified atom stereocenters. The zero-order chi connectivity index (χ0) is 16.2. The van der Waals surface area contributed by atoms with Crippen LogP contribution in [0.15, 0.2) is 53.4 Å². The fraction of sp³-hybridized carbons (Fsp3) is 0.133. The number of aromatic hydroxyl groups is 1. The average Bonchev–Trinajstić information content (AvgIpc) is 2.47. The Morgan fingerprint density at radius 2 is 1.64 bits per heavy atom. The molecular formula is C15H16N2O4S. The highest BCUT2D eigenvalue weighted by molar-refractivity contribution is 7.89. The van der Waals surface area contributed by atoms with Gasteiger partial charge in [-0.05, 0) is 48.4 Å². The van der Waals surface area contributed by atoms with E-state index < -0.39 is 10.0 Å². The summed E-state index contributed by atoms with van der Waals surface area (Å²) in [7, 11) is -3.68. The van der Waals surface area contributed by atoms with Crippen molar-refractivity contribution in [2.75, 3.05) is 6.54 Å². The molecule has 22 heavy (non-hydrogen) atoms. The Balaban J connectivity index is 1.88. The van der Waals surface area contributed by atoms with E-state index in [9.17, 15) is 13.2 Å². The standard InChI is InChI=1S/C15H16N2O4S/c16-22(20,21)14-7-1-11(2-8-14)9-10-17-15(19)12-3-5-13(18)6-4-12/h1-8,18H,9-10H2,(H,17,19)(H2,16,20,21). The fourth-order valence-corrected chi connectivity index (χ4v) is 2.40. The lowest BCUT2D eigenvalue weighted by atomic mass is 10.1. The van der Waals surface area contributed by atoms with Crippen molar-refractivity contribution in [1.82, 2.24) is 5.32 Å². The number of phenols is 1. The van der Waals surface area contributed by atoms with E-state index >= 15 is 0 Å². The lowest BCUT2D eigenvalue weighted by Gasteiger charge is -2.06. The van der Waals surface area contributed by atoms with Gasteiger partial charge in [0.2, 0.25) is 10.0 Å². The van der Waals surface area contributed by atoms with Gasteiger partial charge in [-0.2, -0.15) is 0 Å². The van der Waals surface area contributed by atoms with E-state index in [4.69, 9.17) is 10.2 Å². The molecule has 0 saturated carbocycles. The molecule has 0 aliphatic heterocycles. The molecule has 7 heteroatoms. The predicted octanol–water partition coefficient (Wildman–Crippen LogP) is 1.01. The number of hydrogen-bond acceptors (Lipinski definition) is 4. The van der Waals surface area contributed by atoms with Crippen LogP contribution in [-0.2, 0) is 16.4 Å². The number of hydrogen-bond donors (Lipinski definition) is 3. The molecule has 0 aliphatic rings. The van der Waals surface area contributed by atoms with Crippen LogP contribution in [0.4, 0.5) is 0 Å². The summed E-state index contributed by atoms with van der Waals surface area (Å²) in [6.07, 6.45) is 0.564. The average molecular weight is 320 g/mol. The molecule has 0 heterocycles. The smallest absolute Gasteiger partial charge is 0.251 e. The van der Waals surface area contributed by atoms with Crippen molar-refractivity contribution in [3.63, 3.8) is 0 Å². The molecule has 2 aromatic carbocycles. The highest BCUT2D eigenvalue weighted by atomic mass is 32.2. The Kier molecular flexibility index (Phi) is 4.79. The number of phenolic OH excluding ortho intramolecular Hbond substituents is 1. The molecule has 4 N–H and O–H groups in total. The summed E-state index contributed by atoms with van der Waals surface area (Å²) in [5.41, 5.74) is 1.35. The van der Waals surface area contributed by atoms with Gasteiger partial charge in [-0.3, -0.25) is 4.79 Å². The van der Waals surface area contributed by atoms with Crippen LogP contribution in [-0.4, -0.2) is 26.0 Å². The Labute approximate surface area is 128 Å². The zero-order valence-corrected chi connectivity index (χ0v) is 12.5. The summed E-state index contributed by atoms with van der Waals surface area (Å²) in [5, 5.41) is 16.9. The van der Waals surface area contributed by atoms with Gasteiger partial charge in [0.1, 0.15) is 5.75 Å². The van der Waals surface area contributed by atoms with Crippen molar-refractivity contribution in [2.45, 2.75) is 11.3 Å². The third-order valence-electron chi connectivity index (χ3n) is 3.08. The topological polar surface area (TPSA) is 109 Å². The molecule has 0 aliphatic carbocycles. The molecule has 2 rings (SSSR count). The maximum absolute atomic E-state index is 11.8. The van der Waals surface area contributed by atoms with Gasteiger partial charge in [0.25, 0.3) is 5.91 Å². The largest absolute Gasteiger partial charge is 0.508 e. The van der Waals surface area contributed by atoms with Gasteiger partial charge in [0.15, 0.2) is 0 Å². The van der Waals surface area contributed by atoms with Gasteiger partial charge >= 0.3 is 0 Å². The SMILES string of the molecule is NS(=O)(=O)c1ccc(CCNC(=O)c2ccc(O)cc2)cc1. The summed E-state index contributed by atoms with van der Waals surface area (Å²) < 4.78 is 22.3. The maximum atomic E-state index is 11.8. The van der Waals surface area contributed by atoms with Gasteiger partial charge < -0.3 is 10.4 Å². The molecule has 0 fully saturated rings. The van der Waals surface area contributed by atoms with Gasteiger partial charge in [-0.25, -0.2) is 13.6 Å². The highest BCUT2D eigenvalue weighted by Crippen LogP contribution is 2.10. The normalized spacial score (nSPS) is 11.1. The Hall–Kier alpha value is -2.38. The van der Waals surface area contributed by atoms with Crippen LogP contribution in [0.5, 0.6) is 5.75 Å². The third kappa shape index (κ3) is 4.31. The number of sulfonamides is 1. The number of nitrogens with one attached hydrogen (secondary N) is 1. The molecule has 2 aromatic rings. The first kappa shape index (κ1) is 16.0. The van der Waals surface area contributed by atoms with Crippen molar-refractivity contribution in [2.24, 2.45) is 5.14 Å². The molecular weight excluding hydrogens is 304 g/mol. The second kappa shape index (κ2) is 6.59. The number of nitrogens with two attached hydrogens (primary N) is 1. The van der Waals surface area contributed by atoms with Crippen LogP contribution in [0, 0.1) is 0 Å². The molecule has 6 nitrogen and oxygen atoms in total. The molecule has 0 radical (unpaired) electrons. The number of carbonyl (C=O) groups excluding carboxylic acids is 1. The van der Waals surface area contributed by atoms with Crippen molar-refractivity contribution >= 4 is 15.9 Å². The number of carbonyl (C=O) groups is 1. The van der Waals surface area contributed by atoms with Crippen LogP contribution < -0.4 is 10.5 Å². The van der Waals surface area contributed by atoms with E-state index in [1.807, 2.05) is 0 Å². The van der Waals surface area contributed by atoms with Crippen LogP contribution in [0.25, 0.3) is 0 Å². The summed E-state index contributed by atoms with van der Waals surface area (Å²) in [5.74, 6) is -0.132. The van der Waals surface area contributed by atoms with Gasteiger partial charge in [-0.15, -0.1) is 0 Å². The quantitative estimate of drug-likeness (QED) is 0.763. The van der Waals surface area contributed by atoms with Gasteiger partial charge in [0, 0.05) is 12.1 Å². The first-order valence-electron chi connectivity index (χ1n) is 6.55. The summed E-state index contributed by atoms with van der Waals surface area (Å²) in [4.78, 5) is 11.9. The minimum absolute atomic E-state index is 0.0596. The molecule has 0 atom stereocenters. The monoisotopic (exact) mass is 320 g/mol. The Morgan fingerprint density at radius 3 is 2.18 bits per heavy atom. The molecule has 0 aromatic heterocycles. The van der Waals surface area contributed by atoms with E-state index in [1.165, 1.54) is 36.4 Å². The number of amides is 1. The second-order valence-electron chi connectivity index (χ2n) is 4.74. The van der Waals surface area contributed by atoms with Crippen molar-refractivity contribution < 1.29 is 18.3 Å². The third-order valence-corrected chi connectivity index (χ3v) is 4.01. The number of primary sulfonamides is 1. The molecule has 0 saturated heterocycles. The summed E-state index contributed by atoms with van der Waals surface area (Å²) in [6.45, 7) is 0.411. The van der Waals surface area contributed by atoms with Gasteiger partial charge in [0.05, 0.1) is 4.90 Å². The fourth-order valence-electron chi connectivity index (χ4n) is 1.88. The minimum Gasteiger partial charge on any atom is -0.508 e. The molecule has 0 spiro atoms. The first-order chi connectivity index (χ1) is 10.4. The number of benzene rings is 2. The van der Waals surface area contributed by atoms with Gasteiger partial charge in [-0.1, -0.05) is 12.1 Å². The first-order valence-corrected chi connectivity index (χ1v) is 8.10. The second-order valence-corrected chi connectivity index (χ2v) is 6.30. The lowest BCUT2D eigenvalue weighted by molar-refractivity contribution is 0.0954. The van der Waals surface area contributed by atoms with Crippen molar-refractivity contribution in [1.29, 1.82) is 0 Å². The Bertz CT molecular complexity index is 753. The highest BCUT2D eigenvalue weighted by Gasteiger charge is 2.07. The molecule has 0 bridgehead atoms. The molecule has 1 amide bonds. The Morgan fingerprint density at radius 1 is 1.05 bits per heavy atom. The van der Waals surface area contributed by atoms with Crippen LogP contribution in [0.1, 0.15) is 15.9 Å². The van der Waals surface area contributed by atoms with E-state index in [0.717, 1.165) is 5.56 Å². The van der Waals surface area contributed by atoms with Crippen LogP contribution in [0.3, 0.4) is 0 Å². The van der Waals surface area contributed by atoms with Crippen molar-refractivity contribution in [3.05, 3.63) is 59.7 Å². The van der Waals surface area contributed by atoms with E-state index in [-0.39, 0.29) is 16.6 Å². The minimum atomic E-state index is -3.68. The summed E-state index contributed by atoms with van der Waals surface area (Å²) >= 11 is 0. The predicted molar refractivity (Wildman–Crippen MR) is 82.0 cm³/mol. The summed E-state index contributed by atoms with van der Waals surface area (Å²) in [6, 6.07) is 12.1. The van der Waals surface area contributed by atoms with E-state index in [0.29, 0.717) is 18.5 Å². The van der Waals surface area contributed by atoms with Crippen LogP contribution >= 0.6 is 0 Å². The van der Waals surface area contributed by atoms with Crippen molar-refractivity contribution in [3.8, 4) is 5.75 Å². The lowest BCUT2D eigenvalue weighted by Crippen LogP contribution is -2.25. The zero-order valence-electron chi connectivity index (χ0n) is 11.7. The maximum Gasteiger partial charge on any atom is 0.251 e. The number of rotatable bonds is 5. The van der Waals surface area contributed by atoms with E-state index in [2.05, 4.69) is 5.32 Å².